The Hall–Kier alpha value is -3.60. The molecule has 1 amide bonds. The van der Waals surface area contributed by atoms with Crippen molar-refractivity contribution in [2.75, 3.05) is 5.32 Å². The SMILES string of the molecule is Cc1cc(-c2ccc(C#N)cc2)nn1CC(=O)Nc1ccc(C(F)(F)F)cc1. The summed E-state index contributed by atoms with van der Waals surface area (Å²) in [7, 11) is 0. The molecule has 28 heavy (non-hydrogen) atoms. The summed E-state index contributed by atoms with van der Waals surface area (Å²) in [5, 5.41) is 15.8. The van der Waals surface area contributed by atoms with Crippen molar-refractivity contribution in [2.45, 2.75) is 19.6 Å². The van der Waals surface area contributed by atoms with Crippen LogP contribution in [0.15, 0.2) is 54.6 Å². The smallest absolute Gasteiger partial charge is 0.324 e. The molecule has 8 heteroatoms. The molecule has 0 aliphatic carbocycles. The van der Waals surface area contributed by atoms with Gasteiger partial charge < -0.3 is 5.32 Å². The van der Waals surface area contributed by atoms with Gasteiger partial charge in [0.2, 0.25) is 5.91 Å². The summed E-state index contributed by atoms with van der Waals surface area (Å²) in [6.07, 6.45) is -4.42. The van der Waals surface area contributed by atoms with Gasteiger partial charge in [-0.25, -0.2) is 0 Å². The average Bonchev–Trinajstić information content (AvgIpc) is 3.02. The highest BCUT2D eigenvalue weighted by atomic mass is 19.4. The first kappa shape index (κ1) is 19.2. The van der Waals surface area contributed by atoms with Gasteiger partial charge in [0, 0.05) is 16.9 Å². The Morgan fingerprint density at radius 2 is 1.79 bits per heavy atom. The molecule has 142 valence electrons. The molecule has 0 spiro atoms. The van der Waals surface area contributed by atoms with Gasteiger partial charge in [0.15, 0.2) is 0 Å². The topological polar surface area (TPSA) is 70.7 Å². The van der Waals surface area contributed by atoms with E-state index in [-0.39, 0.29) is 12.2 Å². The molecule has 0 saturated carbocycles. The van der Waals surface area contributed by atoms with Gasteiger partial charge >= 0.3 is 6.18 Å². The lowest BCUT2D eigenvalue weighted by atomic mass is 10.1. The normalized spacial score (nSPS) is 11.1. The van der Waals surface area contributed by atoms with E-state index in [1.807, 2.05) is 12.1 Å². The number of alkyl halides is 3. The zero-order valence-corrected chi connectivity index (χ0v) is 14.8. The number of amides is 1. The maximum Gasteiger partial charge on any atom is 0.416 e. The van der Waals surface area contributed by atoms with Crippen molar-refractivity contribution in [1.29, 1.82) is 5.26 Å². The number of hydrogen-bond acceptors (Lipinski definition) is 3. The first-order chi connectivity index (χ1) is 13.3. The molecule has 0 atom stereocenters. The van der Waals surface area contributed by atoms with Gasteiger partial charge in [-0.2, -0.15) is 23.5 Å². The third kappa shape index (κ3) is 4.38. The van der Waals surface area contributed by atoms with Crippen LogP contribution >= 0.6 is 0 Å². The molecule has 1 heterocycles. The first-order valence-corrected chi connectivity index (χ1v) is 8.28. The number of nitrogens with zero attached hydrogens (tertiary/aromatic N) is 3. The van der Waals surface area contributed by atoms with E-state index in [1.54, 1.807) is 31.2 Å². The lowest BCUT2D eigenvalue weighted by Crippen LogP contribution is -2.20. The number of carbonyl (C=O) groups is 1. The van der Waals surface area contributed by atoms with Crippen LogP contribution in [0.3, 0.4) is 0 Å². The predicted molar refractivity (Wildman–Crippen MR) is 97.2 cm³/mol. The Morgan fingerprint density at radius 1 is 1.14 bits per heavy atom. The quantitative estimate of drug-likeness (QED) is 0.725. The Labute approximate surface area is 159 Å². The molecule has 5 nitrogen and oxygen atoms in total. The van der Waals surface area contributed by atoms with Crippen LogP contribution in [0.25, 0.3) is 11.3 Å². The summed E-state index contributed by atoms with van der Waals surface area (Å²) in [5.74, 6) is -0.405. The van der Waals surface area contributed by atoms with E-state index in [4.69, 9.17) is 5.26 Å². The van der Waals surface area contributed by atoms with Crippen molar-refractivity contribution in [3.63, 3.8) is 0 Å². The van der Waals surface area contributed by atoms with Crippen molar-refractivity contribution in [3.05, 3.63) is 71.4 Å². The summed E-state index contributed by atoms with van der Waals surface area (Å²) < 4.78 is 39.3. The van der Waals surface area contributed by atoms with Crippen molar-refractivity contribution >= 4 is 11.6 Å². The van der Waals surface area contributed by atoms with Crippen LogP contribution in [0, 0.1) is 18.3 Å². The predicted octanol–water partition coefficient (Wildman–Crippen LogP) is 4.39. The number of halogens is 3. The minimum atomic E-state index is -4.42. The molecule has 3 aromatic rings. The molecule has 0 radical (unpaired) electrons. The van der Waals surface area contributed by atoms with Crippen molar-refractivity contribution in [2.24, 2.45) is 0 Å². The molecule has 0 aliphatic heterocycles. The van der Waals surface area contributed by atoms with Crippen LogP contribution in [0.5, 0.6) is 0 Å². The number of aromatic nitrogens is 2. The van der Waals surface area contributed by atoms with E-state index < -0.39 is 17.6 Å². The van der Waals surface area contributed by atoms with Crippen LogP contribution in [0.2, 0.25) is 0 Å². The zero-order valence-electron chi connectivity index (χ0n) is 14.8. The second-order valence-corrected chi connectivity index (χ2v) is 6.14. The summed E-state index contributed by atoms with van der Waals surface area (Å²) in [4.78, 5) is 12.2. The van der Waals surface area contributed by atoms with Crippen LogP contribution < -0.4 is 5.32 Å². The summed E-state index contributed by atoms with van der Waals surface area (Å²) >= 11 is 0. The van der Waals surface area contributed by atoms with Crippen LogP contribution in [-0.2, 0) is 17.5 Å². The number of carbonyl (C=O) groups excluding carboxylic acids is 1. The molecule has 0 fully saturated rings. The molecular weight excluding hydrogens is 369 g/mol. The second-order valence-electron chi connectivity index (χ2n) is 6.14. The van der Waals surface area contributed by atoms with Crippen LogP contribution in [0.1, 0.15) is 16.8 Å². The number of hydrogen-bond donors (Lipinski definition) is 1. The Morgan fingerprint density at radius 3 is 2.36 bits per heavy atom. The zero-order chi connectivity index (χ0) is 20.3. The van der Waals surface area contributed by atoms with Crippen molar-refractivity contribution in [3.8, 4) is 17.3 Å². The highest BCUT2D eigenvalue weighted by molar-refractivity contribution is 5.90. The van der Waals surface area contributed by atoms with Crippen molar-refractivity contribution in [1.82, 2.24) is 9.78 Å². The number of nitrogens with one attached hydrogen (secondary N) is 1. The Kier molecular flexibility index (Phi) is 5.18. The number of aryl methyl sites for hydroxylation is 1. The maximum absolute atomic E-state index is 12.6. The lowest BCUT2D eigenvalue weighted by molar-refractivity contribution is -0.137. The van der Waals surface area contributed by atoms with E-state index in [9.17, 15) is 18.0 Å². The van der Waals surface area contributed by atoms with Gasteiger partial charge in [0.05, 0.1) is 22.9 Å². The third-order valence-corrected chi connectivity index (χ3v) is 4.08. The molecule has 0 aliphatic rings. The molecule has 0 saturated heterocycles. The molecule has 1 N–H and O–H groups in total. The van der Waals surface area contributed by atoms with Gasteiger partial charge in [-0.3, -0.25) is 9.48 Å². The fraction of sp³-hybridized carbons (Fsp3) is 0.150. The molecule has 3 rings (SSSR count). The number of rotatable bonds is 4. The first-order valence-electron chi connectivity index (χ1n) is 8.28. The second kappa shape index (κ2) is 7.56. The average molecular weight is 384 g/mol. The highest BCUT2D eigenvalue weighted by Crippen LogP contribution is 2.29. The van der Waals surface area contributed by atoms with Gasteiger partial charge in [-0.15, -0.1) is 0 Å². The molecule has 0 bridgehead atoms. The number of benzene rings is 2. The Bertz CT molecular complexity index is 1030. The summed E-state index contributed by atoms with van der Waals surface area (Å²) in [6, 6.07) is 15.0. The lowest BCUT2D eigenvalue weighted by Gasteiger charge is -2.09. The molecule has 0 unspecified atom stereocenters. The number of nitriles is 1. The standard InChI is InChI=1S/C20H15F3N4O/c1-13-10-18(15-4-2-14(11-24)3-5-15)26-27(13)12-19(28)25-17-8-6-16(7-9-17)20(21,22)23/h2-10H,12H2,1H3,(H,25,28). The fourth-order valence-corrected chi connectivity index (χ4v) is 2.61. The molecule has 2 aromatic carbocycles. The largest absolute Gasteiger partial charge is 0.416 e. The third-order valence-electron chi connectivity index (χ3n) is 4.08. The van der Waals surface area contributed by atoms with Crippen molar-refractivity contribution < 1.29 is 18.0 Å². The van der Waals surface area contributed by atoms with E-state index in [0.29, 0.717) is 11.3 Å². The maximum atomic E-state index is 12.6. The van der Waals surface area contributed by atoms with Crippen LogP contribution in [-0.4, -0.2) is 15.7 Å². The van der Waals surface area contributed by atoms with Gasteiger partial charge in [-0.05, 0) is 49.4 Å². The van der Waals surface area contributed by atoms with Gasteiger partial charge in [0.25, 0.3) is 0 Å². The molecular formula is C20H15F3N4O. The minimum absolute atomic E-state index is 0.0802. The molecule has 1 aromatic heterocycles. The minimum Gasteiger partial charge on any atom is -0.324 e. The van der Waals surface area contributed by atoms with E-state index in [2.05, 4.69) is 10.4 Å². The van der Waals surface area contributed by atoms with E-state index in [1.165, 1.54) is 16.8 Å². The van der Waals surface area contributed by atoms with Gasteiger partial charge in [0.1, 0.15) is 6.54 Å². The Balaban J connectivity index is 1.69. The highest BCUT2D eigenvalue weighted by Gasteiger charge is 2.30. The van der Waals surface area contributed by atoms with E-state index in [0.717, 1.165) is 23.4 Å². The number of anilines is 1. The van der Waals surface area contributed by atoms with Gasteiger partial charge in [-0.1, -0.05) is 12.1 Å². The fourth-order valence-electron chi connectivity index (χ4n) is 2.61. The summed E-state index contributed by atoms with van der Waals surface area (Å²) in [6.45, 7) is 1.72. The monoisotopic (exact) mass is 384 g/mol. The van der Waals surface area contributed by atoms with E-state index >= 15 is 0 Å². The summed E-state index contributed by atoms with van der Waals surface area (Å²) in [5.41, 5.74) is 2.25. The van der Waals surface area contributed by atoms with Crippen LogP contribution in [0.4, 0.5) is 18.9 Å².